The molecule has 0 saturated carbocycles. The molecule has 1 aliphatic heterocycles. The van der Waals surface area contributed by atoms with Gasteiger partial charge in [-0.05, 0) is 49.3 Å². The van der Waals surface area contributed by atoms with Crippen LogP contribution >= 0.6 is 11.5 Å². The van der Waals surface area contributed by atoms with Gasteiger partial charge in [-0.1, -0.05) is 23.5 Å². The summed E-state index contributed by atoms with van der Waals surface area (Å²) in [5, 5.41) is 18.4. The second-order valence-corrected chi connectivity index (χ2v) is 7.30. The third kappa shape index (κ3) is 4.15. The molecule has 0 aliphatic carbocycles. The summed E-state index contributed by atoms with van der Waals surface area (Å²) in [6.45, 7) is 7.43. The van der Waals surface area contributed by atoms with Gasteiger partial charge in [0.2, 0.25) is 0 Å². The fraction of sp³-hybridized carbons (Fsp3) is 0.667. The monoisotopic (exact) mass is 349 g/mol. The van der Waals surface area contributed by atoms with E-state index in [4.69, 9.17) is 0 Å². The molecule has 3 rings (SSSR count). The summed E-state index contributed by atoms with van der Waals surface area (Å²) < 4.78 is 5.73. The van der Waals surface area contributed by atoms with Crippen molar-refractivity contribution in [3.63, 3.8) is 0 Å². The van der Waals surface area contributed by atoms with Crippen LogP contribution in [0.4, 0.5) is 0 Å². The maximum absolute atomic E-state index is 12.3. The summed E-state index contributed by atoms with van der Waals surface area (Å²) in [6.07, 6.45) is 4.09. The van der Waals surface area contributed by atoms with E-state index < -0.39 is 0 Å². The van der Waals surface area contributed by atoms with E-state index in [1.165, 1.54) is 24.4 Å². The minimum atomic E-state index is -0.217. The minimum Gasteiger partial charge on any atom is -0.346 e. The first-order chi connectivity index (χ1) is 11.6. The van der Waals surface area contributed by atoms with E-state index in [0.29, 0.717) is 24.1 Å². The fourth-order valence-corrected chi connectivity index (χ4v) is 3.60. The number of aromatic nitrogens is 5. The first-order valence-electron chi connectivity index (χ1n) is 8.33. The molecule has 24 heavy (non-hydrogen) atoms. The van der Waals surface area contributed by atoms with Crippen LogP contribution in [0.15, 0.2) is 6.20 Å². The molecule has 0 aromatic carbocycles. The zero-order chi connectivity index (χ0) is 16.9. The molecule has 8 nitrogen and oxygen atoms in total. The Balaban J connectivity index is 1.54. The number of piperidine rings is 1. The van der Waals surface area contributed by atoms with Crippen LogP contribution in [-0.2, 0) is 13.1 Å². The Labute approximate surface area is 145 Å². The molecule has 0 radical (unpaired) electrons. The molecule has 1 aliphatic rings. The molecule has 1 saturated heterocycles. The van der Waals surface area contributed by atoms with Gasteiger partial charge in [0.05, 0.1) is 23.3 Å². The summed E-state index contributed by atoms with van der Waals surface area (Å²) in [4.78, 5) is 13.2. The summed E-state index contributed by atoms with van der Waals surface area (Å²) >= 11 is 1.32. The maximum atomic E-state index is 12.3. The lowest BCUT2D eigenvalue weighted by atomic mass is 10.00. The van der Waals surface area contributed by atoms with Gasteiger partial charge in [-0.15, -0.1) is 10.2 Å². The summed E-state index contributed by atoms with van der Waals surface area (Å²) in [5.41, 5.74) is 1.29. The smallest absolute Gasteiger partial charge is 0.273 e. The second-order valence-electron chi connectivity index (χ2n) is 6.46. The molecule has 2 N–H and O–H groups in total. The highest BCUT2D eigenvalue weighted by atomic mass is 32.1. The standard InChI is InChI=1S/C15H23N7OS/c1-10(2)14-13(24-21-19-14)7-17-15(23)12-9-22(20-18-12)8-11-4-3-5-16-6-11/h9-11,16H,3-8H2,1-2H3,(H,17,23). The molecule has 1 fully saturated rings. The van der Waals surface area contributed by atoms with E-state index in [9.17, 15) is 4.79 Å². The van der Waals surface area contributed by atoms with E-state index >= 15 is 0 Å². The Morgan fingerprint density at radius 2 is 2.38 bits per heavy atom. The minimum absolute atomic E-state index is 0.217. The van der Waals surface area contributed by atoms with Gasteiger partial charge in [-0.25, -0.2) is 0 Å². The van der Waals surface area contributed by atoms with Gasteiger partial charge in [-0.3, -0.25) is 9.48 Å². The van der Waals surface area contributed by atoms with Crippen LogP contribution in [0.1, 0.15) is 53.7 Å². The van der Waals surface area contributed by atoms with Crippen LogP contribution in [0.2, 0.25) is 0 Å². The molecule has 2 aromatic heterocycles. The number of amides is 1. The Morgan fingerprint density at radius 1 is 1.50 bits per heavy atom. The van der Waals surface area contributed by atoms with Gasteiger partial charge < -0.3 is 10.6 Å². The topological polar surface area (TPSA) is 97.6 Å². The van der Waals surface area contributed by atoms with Gasteiger partial charge in [0.1, 0.15) is 0 Å². The highest BCUT2D eigenvalue weighted by Crippen LogP contribution is 2.19. The molecular weight excluding hydrogens is 326 g/mol. The highest BCUT2D eigenvalue weighted by Gasteiger charge is 2.17. The second kappa shape index (κ2) is 7.80. The summed E-state index contributed by atoms with van der Waals surface area (Å²) in [6, 6.07) is 0. The lowest BCUT2D eigenvalue weighted by Gasteiger charge is -2.22. The van der Waals surface area contributed by atoms with Crippen LogP contribution in [0.3, 0.4) is 0 Å². The van der Waals surface area contributed by atoms with E-state index in [-0.39, 0.29) is 5.91 Å². The summed E-state index contributed by atoms with van der Waals surface area (Å²) in [5.74, 6) is 0.625. The van der Waals surface area contributed by atoms with E-state index in [0.717, 1.165) is 30.2 Å². The average molecular weight is 349 g/mol. The molecule has 9 heteroatoms. The lowest BCUT2D eigenvalue weighted by molar-refractivity contribution is 0.0946. The Kier molecular flexibility index (Phi) is 5.52. The predicted octanol–water partition coefficient (Wildman–Crippen LogP) is 1.18. The lowest BCUT2D eigenvalue weighted by Crippen LogP contribution is -2.32. The molecule has 130 valence electrons. The van der Waals surface area contributed by atoms with Crippen molar-refractivity contribution in [1.82, 2.24) is 35.2 Å². The van der Waals surface area contributed by atoms with Gasteiger partial charge in [-0.2, -0.15) is 0 Å². The average Bonchev–Trinajstić information content (AvgIpc) is 3.23. The molecule has 1 amide bonds. The van der Waals surface area contributed by atoms with Crippen molar-refractivity contribution in [1.29, 1.82) is 0 Å². The van der Waals surface area contributed by atoms with Gasteiger partial charge in [0.15, 0.2) is 5.69 Å². The Morgan fingerprint density at radius 3 is 3.12 bits per heavy atom. The quantitative estimate of drug-likeness (QED) is 0.813. The highest BCUT2D eigenvalue weighted by molar-refractivity contribution is 7.05. The van der Waals surface area contributed by atoms with Gasteiger partial charge in [0.25, 0.3) is 5.91 Å². The number of rotatable bonds is 6. The molecular formula is C15H23N7OS. The van der Waals surface area contributed by atoms with Gasteiger partial charge >= 0.3 is 0 Å². The van der Waals surface area contributed by atoms with Crippen molar-refractivity contribution in [3.05, 3.63) is 22.5 Å². The molecule has 1 atom stereocenters. The van der Waals surface area contributed by atoms with Crippen LogP contribution in [0, 0.1) is 5.92 Å². The van der Waals surface area contributed by atoms with Crippen LogP contribution < -0.4 is 10.6 Å². The van der Waals surface area contributed by atoms with Crippen molar-refractivity contribution in [2.24, 2.45) is 5.92 Å². The number of hydrogen-bond acceptors (Lipinski definition) is 7. The van der Waals surface area contributed by atoms with Crippen molar-refractivity contribution in [3.8, 4) is 0 Å². The van der Waals surface area contributed by atoms with Gasteiger partial charge in [0, 0.05) is 6.54 Å². The van der Waals surface area contributed by atoms with Crippen molar-refractivity contribution in [2.45, 2.75) is 45.7 Å². The third-order valence-corrected chi connectivity index (χ3v) is 4.89. The molecule has 3 heterocycles. The normalized spacial score (nSPS) is 18.0. The van der Waals surface area contributed by atoms with Crippen LogP contribution in [0.25, 0.3) is 0 Å². The number of hydrogen-bond donors (Lipinski definition) is 2. The van der Waals surface area contributed by atoms with E-state index in [1.54, 1.807) is 10.9 Å². The van der Waals surface area contributed by atoms with Crippen LogP contribution in [0.5, 0.6) is 0 Å². The van der Waals surface area contributed by atoms with Crippen LogP contribution in [-0.4, -0.2) is 43.6 Å². The first kappa shape index (κ1) is 17.0. The molecule has 1 unspecified atom stereocenters. The molecule has 0 spiro atoms. The predicted molar refractivity (Wildman–Crippen MR) is 90.8 cm³/mol. The van der Waals surface area contributed by atoms with Crippen molar-refractivity contribution in [2.75, 3.05) is 13.1 Å². The largest absolute Gasteiger partial charge is 0.346 e. The zero-order valence-electron chi connectivity index (χ0n) is 14.0. The number of nitrogens with zero attached hydrogens (tertiary/aromatic N) is 5. The fourth-order valence-electron chi connectivity index (χ4n) is 2.86. The number of carbonyl (C=O) groups is 1. The first-order valence-corrected chi connectivity index (χ1v) is 9.11. The molecule has 2 aromatic rings. The van der Waals surface area contributed by atoms with E-state index in [1.807, 2.05) is 0 Å². The SMILES string of the molecule is CC(C)c1nnsc1CNC(=O)c1cn(CC2CCCNC2)nn1. The maximum Gasteiger partial charge on any atom is 0.273 e. The third-order valence-electron chi connectivity index (χ3n) is 4.16. The summed E-state index contributed by atoms with van der Waals surface area (Å²) in [7, 11) is 0. The van der Waals surface area contributed by atoms with Crippen molar-refractivity contribution < 1.29 is 4.79 Å². The number of nitrogens with one attached hydrogen (secondary N) is 2. The molecule has 0 bridgehead atoms. The number of carbonyl (C=O) groups excluding carboxylic acids is 1. The van der Waals surface area contributed by atoms with E-state index in [2.05, 4.69) is 44.4 Å². The van der Waals surface area contributed by atoms with Crippen molar-refractivity contribution >= 4 is 17.4 Å². The Hall–Kier alpha value is -1.87. The Bertz CT molecular complexity index is 675. The zero-order valence-corrected chi connectivity index (χ0v) is 14.8.